The first kappa shape index (κ1) is 17.8. The zero-order chi connectivity index (χ0) is 16.0. The van der Waals surface area contributed by atoms with Crippen molar-refractivity contribution >= 4 is 22.1 Å². The van der Waals surface area contributed by atoms with Gasteiger partial charge in [0.25, 0.3) is 10.2 Å². The highest BCUT2D eigenvalue weighted by Crippen LogP contribution is 2.19. The minimum atomic E-state index is -3.94. The SMILES string of the molecule is CCOC(=O)C1CCCN(S(=O)(=O)NCC(O)C(=O)O)C1. The molecule has 0 aliphatic carbocycles. The van der Waals surface area contributed by atoms with Crippen molar-refractivity contribution in [3.05, 3.63) is 0 Å². The predicted molar refractivity (Wildman–Crippen MR) is 71.5 cm³/mol. The number of hydrogen-bond acceptors (Lipinski definition) is 6. The Morgan fingerprint density at radius 2 is 2.14 bits per heavy atom. The Bertz CT molecular complexity index is 479. The molecule has 0 aromatic rings. The summed E-state index contributed by atoms with van der Waals surface area (Å²) in [5.41, 5.74) is 0. The van der Waals surface area contributed by atoms with Crippen LogP contribution in [0.15, 0.2) is 0 Å². The van der Waals surface area contributed by atoms with Gasteiger partial charge in [-0.2, -0.15) is 17.4 Å². The maximum atomic E-state index is 12.0. The van der Waals surface area contributed by atoms with Crippen LogP contribution >= 0.6 is 0 Å². The van der Waals surface area contributed by atoms with E-state index in [1.165, 1.54) is 0 Å². The zero-order valence-corrected chi connectivity index (χ0v) is 12.5. The first-order chi connectivity index (χ1) is 9.77. The van der Waals surface area contributed by atoms with Crippen molar-refractivity contribution in [2.75, 3.05) is 26.2 Å². The van der Waals surface area contributed by atoms with Crippen molar-refractivity contribution in [1.29, 1.82) is 0 Å². The summed E-state index contributed by atoms with van der Waals surface area (Å²) in [6.07, 6.45) is -0.764. The van der Waals surface area contributed by atoms with Gasteiger partial charge in [-0.1, -0.05) is 0 Å². The van der Waals surface area contributed by atoms with E-state index in [0.29, 0.717) is 12.8 Å². The van der Waals surface area contributed by atoms with Crippen LogP contribution in [0.1, 0.15) is 19.8 Å². The number of ether oxygens (including phenoxy) is 1. The number of carboxylic acid groups (broad SMARTS) is 1. The van der Waals surface area contributed by atoms with Crippen LogP contribution in [0, 0.1) is 5.92 Å². The second kappa shape index (κ2) is 7.69. The Balaban J connectivity index is 2.61. The van der Waals surface area contributed by atoms with Gasteiger partial charge in [0.2, 0.25) is 0 Å². The summed E-state index contributed by atoms with van der Waals surface area (Å²) in [5.74, 6) is -2.48. The van der Waals surface area contributed by atoms with Crippen molar-refractivity contribution in [3.63, 3.8) is 0 Å². The van der Waals surface area contributed by atoms with Crippen molar-refractivity contribution < 1.29 is 33.0 Å². The Morgan fingerprint density at radius 3 is 2.71 bits per heavy atom. The first-order valence-electron chi connectivity index (χ1n) is 6.60. The number of nitrogens with one attached hydrogen (secondary N) is 1. The van der Waals surface area contributed by atoms with E-state index in [1.54, 1.807) is 6.92 Å². The summed E-state index contributed by atoms with van der Waals surface area (Å²) in [7, 11) is -3.94. The molecule has 3 N–H and O–H groups in total. The van der Waals surface area contributed by atoms with Crippen LogP contribution in [-0.4, -0.2) is 67.2 Å². The smallest absolute Gasteiger partial charge is 0.333 e. The van der Waals surface area contributed by atoms with Gasteiger partial charge in [0.15, 0.2) is 6.10 Å². The molecule has 122 valence electrons. The quantitative estimate of drug-likeness (QED) is 0.487. The molecular formula is C11H20N2O7S. The molecule has 1 saturated heterocycles. The monoisotopic (exact) mass is 324 g/mol. The number of aliphatic hydroxyl groups is 1. The molecule has 1 aliphatic rings. The molecule has 2 atom stereocenters. The fourth-order valence-corrected chi connectivity index (χ4v) is 3.27. The lowest BCUT2D eigenvalue weighted by atomic mass is 10.0. The molecule has 1 fully saturated rings. The number of carbonyl (C=O) groups is 2. The van der Waals surface area contributed by atoms with Gasteiger partial charge in [-0.05, 0) is 19.8 Å². The topological polar surface area (TPSA) is 133 Å². The highest BCUT2D eigenvalue weighted by atomic mass is 32.2. The third-order valence-electron chi connectivity index (χ3n) is 3.09. The maximum absolute atomic E-state index is 12.0. The summed E-state index contributed by atoms with van der Waals surface area (Å²) in [5, 5.41) is 17.6. The van der Waals surface area contributed by atoms with Crippen LogP contribution in [0.5, 0.6) is 0 Å². The number of esters is 1. The van der Waals surface area contributed by atoms with E-state index in [-0.39, 0.29) is 19.7 Å². The van der Waals surface area contributed by atoms with E-state index in [1.807, 2.05) is 4.72 Å². The molecule has 0 amide bonds. The van der Waals surface area contributed by atoms with E-state index in [9.17, 15) is 18.0 Å². The first-order valence-corrected chi connectivity index (χ1v) is 8.04. The number of carboxylic acids is 1. The third kappa shape index (κ3) is 5.23. The summed E-state index contributed by atoms with van der Waals surface area (Å²) in [6, 6.07) is 0. The number of piperidine rings is 1. The third-order valence-corrected chi connectivity index (χ3v) is 4.63. The Kier molecular flexibility index (Phi) is 6.52. The number of aliphatic hydroxyl groups excluding tert-OH is 1. The van der Waals surface area contributed by atoms with E-state index in [0.717, 1.165) is 4.31 Å². The van der Waals surface area contributed by atoms with Crippen molar-refractivity contribution in [2.24, 2.45) is 5.92 Å². The van der Waals surface area contributed by atoms with E-state index in [2.05, 4.69) is 0 Å². The lowest BCUT2D eigenvalue weighted by Gasteiger charge is -2.30. The standard InChI is InChI=1S/C11H20N2O7S/c1-2-20-11(17)8-4-3-5-13(7-8)21(18,19)12-6-9(14)10(15)16/h8-9,12,14H,2-7H2,1H3,(H,15,16). The van der Waals surface area contributed by atoms with Gasteiger partial charge < -0.3 is 14.9 Å². The Hall–Kier alpha value is -1.23. The summed E-state index contributed by atoms with van der Waals surface area (Å²) in [6.45, 7) is 1.49. The zero-order valence-electron chi connectivity index (χ0n) is 11.7. The van der Waals surface area contributed by atoms with Gasteiger partial charge in [0.05, 0.1) is 12.5 Å². The number of rotatable bonds is 7. The van der Waals surface area contributed by atoms with E-state index >= 15 is 0 Å². The summed E-state index contributed by atoms with van der Waals surface area (Å²) >= 11 is 0. The largest absolute Gasteiger partial charge is 0.479 e. The normalized spacial score (nSPS) is 21.7. The van der Waals surface area contributed by atoms with Crippen LogP contribution in [-0.2, 0) is 24.5 Å². The number of aliphatic carboxylic acids is 1. The van der Waals surface area contributed by atoms with Crippen LogP contribution in [0.4, 0.5) is 0 Å². The van der Waals surface area contributed by atoms with Gasteiger partial charge >= 0.3 is 11.9 Å². The summed E-state index contributed by atoms with van der Waals surface area (Å²) < 4.78 is 31.9. The lowest BCUT2D eigenvalue weighted by molar-refractivity contribution is -0.149. The molecule has 10 heteroatoms. The Labute approximate surface area is 123 Å². The molecule has 0 aromatic heterocycles. The van der Waals surface area contributed by atoms with Gasteiger partial charge in [-0.15, -0.1) is 0 Å². The molecule has 0 spiro atoms. The van der Waals surface area contributed by atoms with Crippen LogP contribution in [0.25, 0.3) is 0 Å². The van der Waals surface area contributed by atoms with Crippen molar-refractivity contribution in [3.8, 4) is 0 Å². The van der Waals surface area contributed by atoms with Gasteiger partial charge in [0.1, 0.15) is 0 Å². The second-order valence-corrected chi connectivity index (χ2v) is 6.41. The lowest BCUT2D eigenvalue weighted by Crippen LogP contribution is -2.49. The molecule has 21 heavy (non-hydrogen) atoms. The molecule has 1 aliphatic heterocycles. The number of hydrogen-bond donors (Lipinski definition) is 3. The fraction of sp³-hybridized carbons (Fsp3) is 0.818. The van der Waals surface area contributed by atoms with Crippen LogP contribution in [0.2, 0.25) is 0 Å². The van der Waals surface area contributed by atoms with Gasteiger partial charge in [-0.3, -0.25) is 4.79 Å². The molecule has 1 rings (SSSR count). The second-order valence-electron chi connectivity index (χ2n) is 4.66. The van der Waals surface area contributed by atoms with Crippen LogP contribution < -0.4 is 4.72 Å². The number of nitrogens with zero attached hydrogens (tertiary/aromatic N) is 1. The molecule has 0 saturated carbocycles. The molecule has 0 bridgehead atoms. The summed E-state index contributed by atoms with van der Waals surface area (Å²) in [4.78, 5) is 22.1. The minimum absolute atomic E-state index is 0.0165. The van der Waals surface area contributed by atoms with Gasteiger partial charge in [0, 0.05) is 19.6 Å². The van der Waals surface area contributed by atoms with Crippen molar-refractivity contribution in [1.82, 2.24) is 9.03 Å². The highest BCUT2D eigenvalue weighted by Gasteiger charge is 2.33. The molecule has 0 radical (unpaired) electrons. The maximum Gasteiger partial charge on any atom is 0.333 e. The molecule has 0 aromatic carbocycles. The minimum Gasteiger partial charge on any atom is -0.479 e. The van der Waals surface area contributed by atoms with Gasteiger partial charge in [-0.25, -0.2) is 4.79 Å². The van der Waals surface area contributed by atoms with Crippen LogP contribution in [0.3, 0.4) is 0 Å². The number of carbonyl (C=O) groups excluding carboxylic acids is 1. The molecule has 9 nitrogen and oxygen atoms in total. The molecule has 1 heterocycles. The Morgan fingerprint density at radius 1 is 1.48 bits per heavy atom. The molecule has 2 unspecified atom stereocenters. The van der Waals surface area contributed by atoms with E-state index in [4.69, 9.17) is 14.9 Å². The predicted octanol–water partition coefficient (Wildman–Crippen LogP) is -1.46. The fourth-order valence-electron chi connectivity index (χ4n) is 1.98. The average molecular weight is 324 g/mol. The average Bonchev–Trinajstić information content (AvgIpc) is 2.45. The van der Waals surface area contributed by atoms with E-state index < -0.39 is 40.7 Å². The van der Waals surface area contributed by atoms with Crippen molar-refractivity contribution in [2.45, 2.75) is 25.9 Å². The highest BCUT2D eigenvalue weighted by molar-refractivity contribution is 7.87. The molecular weight excluding hydrogens is 304 g/mol.